The SMILES string of the molecule is CCCCCCCCCCCCCCCC(N=C=O)N(C)C. The molecular formula is C19H38N2O. The zero-order valence-electron chi connectivity index (χ0n) is 15.3. The number of isocyanates is 1. The fraction of sp³-hybridized carbons (Fsp3) is 0.947. The van der Waals surface area contributed by atoms with Crippen molar-refractivity contribution in [1.82, 2.24) is 4.90 Å². The van der Waals surface area contributed by atoms with Gasteiger partial charge in [0.2, 0.25) is 6.08 Å². The van der Waals surface area contributed by atoms with Crippen molar-refractivity contribution in [2.75, 3.05) is 14.1 Å². The summed E-state index contributed by atoms with van der Waals surface area (Å²) in [4.78, 5) is 16.2. The molecule has 0 aromatic heterocycles. The molecule has 0 N–H and O–H groups in total. The zero-order valence-corrected chi connectivity index (χ0v) is 15.3. The van der Waals surface area contributed by atoms with Crippen molar-refractivity contribution in [2.45, 2.75) is 103 Å². The molecule has 0 aromatic rings. The van der Waals surface area contributed by atoms with Gasteiger partial charge in [-0.25, -0.2) is 4.79 Å². The van der Waals surface area contributed by atoms with Crippen LogP contribution in [0.3, 0.4) is 0 Å². The number of hydrogen-bond acceptors (Lipinski definition) is 3. The fourth-order valence-electron chi connectivity index (χ4n) is 2.84. The lowest BCUT2D eigenvalue weighted by atomic mass is 10.0. The minimum absolute atomic E-state index is 0.0187. The number of rotatable bonds is 16. The van der Waals surface area contributed by atoms with Crippen molar-refractivity contribution in [1.29, 1.82) is 0 Å². The molecule has 1 atom stereocenters. The number of carbonyl (C=O) groups excluding carboxylic acids is 1. The molecule has 0 radical (unpaired) electrons. The van der Waals surface area contributed by atoms with Crippen molar-refractivity contribution >= 4 is 6.08 Å². The largest absolute Gasteiger partial charge is 0.287 e. The van der Waals surface area contributed by atoms with Crippen molar-refractivity contribution in [3.05, 3.63) is 0 Å². The van der Waals surface area contributed by atoms with Crippen molar-refractivity contribution < 1.29 is 4.79 Å². The van der Waals surface area contributed by atoms with Crippen LogP contribution < -0.4 is 0 Å². The quantitative estimate of drug-likeness (QED) is 0.208. The van der Waals surface area contributed by atoms with Gasteiger partial charge >= 0.3 is 0 Å². The summed E-state index contributed by atoms with van der Waals surface area (Å²) in [6.45, 7) is 2.27. The summed E-state index contributed by atoms with van der Waals surface area (Å²) in [5.74, 6) is 0. The van der Waals surface area contributed by atoms with Crippen LogP contribution in [0.25, 0.3) is 0 Å². The lowest BCUT2D eigenvalue weighted by molar-refractivity contribution is 0.279. The first kappa shape index (κ1) is 21.3. The highest BCUT2D eigenvalue weighted by molar-refractivity contribution is 5.33. The number of nitrogens with zero attached hydrogens (tertiary/aromatic N) is 2. The Morgan fingerprint density at radius 3 is 1.55 bits per heavy atom. The van der Waals surface area contributed by atoms with Crippen LogP contribution in [0, 0.1) is 0 Å². The summed E-state index contributed by atoms with van der Waals surface area (Å²) < 4.78 is 0. The van der Waals surface area contributed by atoms with Gasteiger partial charge in [-0.15, -0.1) is 0 Å². The van der Waals surface area contributed by atoms with Gasteiger partial charge in [0, 0.05) is 0 Å². The van der Waals surface area contributed by atoms with E-state index < -0.39 is 0 Å². The third-order valence-electron chi connectivity index (χ3n) is 4.36. The maximum absolute atomic E-state index is 10.3. The maximum Gasteiger partial charge on any atom is 0.236 e. The third-order valence-corrected chi connectivity index (χ3v) is 4.36. The Bertz CT molecular complexity index is 273. The van der Waals surface area contributed by atoms with E-state index in [2.05, 4.69) is 11.9 Å². The molecule has 3 nitrogen and oxygen atoms in total. The van der Waals surface area contributed by atoms with Crippen molar-refractivity contribution in [2.24, 2.45) is 4.99 Å². The first-order chi connectivity index (χ1) is 10.7. The fourth-order valence-corrected chi connectivity index (χ4v) is 2.84. The summed E-state index contributed by atoms with van der Waals surface area (Å²) in [5.41, 5.74) is 0. The highest BCUT2D eigenvalue weighted by Crippen LogP contribution is 2.14. The predicted molar refractivity (Wildman–Crippen MR) is 95.9 cm³/mol. The lowest BCUT2D eigenvalue weighted by Gasteiger charge is -2.18. The van der Waals surface area contributed by atoms with E-state index in [9.17, 15) is 4.79 Å². The second-order valence-corrected chi connectivity index (χ2v) is 6.70. The zero-order chi connectivity index (χ0) is 16.5. The summed E-state index contributed by atoms with van der Waals surface area (Å²) in [6.07, 6.45) is 20.5. The normalized spacial score (nSPS) is 12.4. The Morgan fingerprint density at radius 2 is 1.18 bits per heavy atom. The minimum atomic E-state index is 0.0187. The average Bonchev–Trinajstić information content (AvgIpc) is 2.50. The molecule has 0 aliphatic heterocycles. The van der Waals surface area contributed by atoms with Gasteiger partial charge in [0.15, 0.2) is 0 Å². The highest BCUT2D eigenvalue weighted by Gasteiger charge is 2.08. The van der Waals surface area contributed by atoms with E-state index in [1.807, 2.05) is 19.0 Å². The molecule has 0 saturated carbocycles. The molecule has 130 valence electrons. The molecule has 0 rings (SSSR count). The molecule has 3 heteroatoms. The lowest BCUT2D eigenvalue weighted by Crippen LogP contribution is -2.25. The van der Waals surface area contributed by atoms with Crippen LogP contribution >= 0.6 is 0 Å². The van der Waals surface area contributed by atoms with Crippen LogP contribution in [0.5, 0.6) is 0 Å². The van der Waals surface area contributed by atoms with E-state index >= 15 is 0 Å². The van der Waals surface area contributed by atoms with E-state index in [1.54, 1.807) is 6.08 Å². The third kappa shape index (κ3) is 14.3. The van der Waals surface area contributed by atoms with E-state index in [-0.39, 0.29) is 6.17 Å². The van der Waals surface area contributed by atoms with Gasteiger partial charge < -0.3 is 0 Å². The van der Waals surface area contributed by atoms with Crippen LogP contribution in [0.1, 0.15) is 96.8 Å². The summed E-state index contributed by atoms with van der Waals surface area (Å²) in [7, 11) is 3.93. The van der Waals surface area contributed by atoms with E-state index in [0.29, 0.717) is 0 Å². The molecule has 0 amide bonds. The topological polar surface area (TPSA) is 32.7 Å². The van der Waals surface area contributed by atoms with Crippen LogP contribution in [0.2, 0.25) is 0 Å². The smallest absolute Gasteiger partial charge is 0.236 e. The minimum Gasteiger partial charge on any atom is -0.287 e. The molecule has 22 heavy (non-hydrogen) atoms. The molecule has 0 saturated heterocycles. The van der Waals surface area contributed by atoms with E-state index in [1.165, 1.54) is 77.0 Å². The molecule has 0 aromatic carbocycles. The van der Waals surface area contributed by atoms with E-state index in [0.717, 1.165) is 12.8 Å². The monoisotopic (exact) mass is 310 g/mol. The van der Waals surface area contributed by atoms with Crippen LogP contribution in [0.15, 0.2) is 4.99 Å². The molecule has 1 unspecified atom stereocenters. The second-order valence-electron chi connectivity index (χ2n) is 6.70. The number of aliphatic imine (C=N–C) groups is 1. The molecule has 0 heterocycles. The molecule has 0 aliphatic carbocycles. The van der Waals surface area contributed by atoms with Crippen molar-refractivity contribution in [3.8, 4) is 0 Å². The van der Waals surface area contributed by atoms with Gasteiger partial charge in [-0.1, -0.05) is 84.0 Å². The number of hydrogen-bond donors (Lipinski definition) is 0. The maximum atomic E-state index is 10.3. The molecule has 0 bridgehead atoms. The Kier molecular flexibility index (Phi) is 16.2. The van der Waals surface area contributed by atoms with Gasteiger partial charge in [0.25, 0.3) is 0 Å². The van der Waals surface area contributed by atoms with Gasteiger partial charge in [-0.2, -0.15) is 4.99 Å². The first-order valence-electron chi connectivity index (χ1n) is 9.45. The van der Waals surface area contributed by atoms with Gasteiger partial charge in [-0.05, 0) is 26.9 Å². The Labute approximate surface area is 138 Å². The first-order valence-corrected chi connectivity index (χ1v) is 9.45. The van der Waals surface area contributed by atoms with Gasteiger partial charge in [0.1, 0.15) is 6.17 Å². The summed E-state index contributed by atoms with van der Waals surface area (Å²) in [6, 6.07) is 0. The van der Waals surface area contributed by atoms with Crippen LogP contribution in [-0.4, -0.2) is 31.2 Å². The van der Waals surface area contributed by atoms with Crippen LogP contribution in [-0.2, 0) is 4.79 Å². The molecule has 0 fully saturated rings. The molecule has 0 spiro atoms. The second kappa shape index (κ2) is 16.7. The highest BCUT2D eigenvalue weighted by atomic mass is 16.1. The van der Waals surface area contributed by atoms with Gasteiger partial charge in [0.05, 0.1) is 0 Å². The summed E-state index contributed by atoms with van der Waals surface area (Å²) in [5, 5.41) is 0. The Balaban J connectivity index is 3.24. The Hall–Kier alpha value is -0.660. The van der Waals surface area contributed by atoms with Gasteiger partial charge in [-0.3, -0.25) is 4.90 Å². The predicted octanol–water partition coefficient (Wildman–Crippen LogP) is 5.69. The van der Waals surface area contributed by atoms with Crippen LogP contribution in [0.4, 0.5) is 0 Å². The standard InChI is InChI=1S/C19H38N2O/c1-4-5-6-7-8-9-10-11-12-13-14-15-16-17-19(20-18-22)21(2)3/h19H,4-17H2,1-3H3. The average molecular weight is 311 g/mol. The molecule has 0 aliphatic rings. The summed E-state index contributed by atoms with van der Waals surface area (Å²) >= 11 is 0. The van der Waals surface area contributed by atoms with E-state index in [4.69, 9.17) is 0 Å². The van der Waals surface area contributed by atoms with Crippen molar-refractivity contribution in [3.63, 3.8) is 0 Å². The Morgan fingerprint density at radius 1 is 0.773 bits per heavy atom. The number of unbranched alkanes of at least 4 members (excludes halogenated alkanes) is 12. The molecular weight excluding hydrogens is 272 g/mol.